The fourth-order valence-corrected chi connectivity index (χ4v) is 2.29. The summed E-state index contributed by atoms with van der Waals surface area (Å²) in [7, 11) is 2.00. The van der Waals surface area contributed by atoms with Crippen LogP contribution in [-0.2, 0) is 4.79 Å². The van der Waals surface area contributed by atoms with Gasteiger partial charge in [0.2, 0.25) is 0 Å². The van der Waals surface area contributed by atoms with Gasteiger partial charge in [-0.3, -0.25) is 9.69 Å². The van der Waals surface area contributed by atoms with E-state index < -0.39 is 5.97 Å². The van der Waals surface area contributed by atoms with Gasteiger partial charge < -0.3 is 5.11 Å². The van der Waals surface area contributed by atoms with E-state index in [0.29, 0.717) is 0 Å². The Morgan fingerprint density at radius 3 is 2.00 bits per heavy atom. The van der Waals surface area contributed by atoms with E-state index in [1.54, 1.807) is 0 Å². The van der Waals surface area contributed by atoms with Crippen molar-refractivity contribution in [2.45, 2.75) is 45.2 Å². The molecule has 0 radical (unpaired) electrons. The first-order chi connectivity index (χ1) is 5.69. The molecule has 1 N–H and O–H groups in total. The van der Waals surface area contributed by atoms with Crippen molar-refractivity contribution in [2.24, 2.45) is 5.92 Å². The highest BCUT2D eigenvalue weighted by molar-refractivity contribution is 5.72. The van der Waals surface area contributed by atoms with Crippen LogP contribution < -0.4 is 0 Å². The van der Waals surface area contributed by atoms with Crippen LogP contribution in [-0.4, -0.2) is 34.1 Å². The highest BCUT2D eigenvalue weighted by atomic mass is 16.4. The van der Waals surface area contributed by atoms with E-state index in [-0.39, 0.29) is 17.0 Å². The van der Waals surface area contributed by atoms with Gasteiger partial charge in [-0.2, -0.15) is 0 Å². The lowest BCUT2D eigenvalue weighted by Crippen LogP contribution is -2.47. The molecule has 1 fully saturated rings. The first-order valence-corrected chi connectivity index (χ1v) is 4.66. The van der Waals surface area contributed by atoms with Gasteiger partial charge in [-0.15, -0.1) is 0 Å². The lowest BCUT2D eigenvalue weighted by molar-refractivity contribution is -0.144. The fourth-order valence-electron chi connectivity index (χ4n) is 2.29. The van der Waals surface area contributed by atoms with Crippen LogP contribution in [0.5, 0.6) is 0 Å². The van der Waals surface area contributed by atoms with Gasteiger partial charge in [0.05, 0.1) is 5.92 Å². The summed E-state index contributed by atoms with van der Waals surface area (Å²) in [5, 5.41) is 9.07. The normalized spacial score (nSPS) is 31.9. The second kappa shape index (κ2) is 2.71. The minimum Gasteiger partial charge on any atom is -0.481 e. The largest absolute Gasteiger partial charge is 0.481 e. The number of nitrogens with zero attached hydrogens (tertiary/aromatic N) is 1. The lowest BCUT2D eigenvalue weighted by Gasteiger charge is -2.37. The summed E-state index contributed by atoms with van der Waals surface area (Å²) < 4.78 is 0. The molecule has 0 aliphatic carbocycles. The summed E-state index contributed by atoms with van der Waals surface area (Å²) in [4.78, 5) is 13.2. The molecule has 0 amide bonds. The third kappa shape index (κ3) is 1.46. The van der Waals surface area contributed by atoms with Crippen LogP contribution in [0, 0.1) is 5.92 Å². The third-order valence-electron chi connectivity index (χ3n) is 3.63. The maximum atomic E-state index is 11.0. The Balaban J connectivity index is 3.00. The summed E-state index contributed by atoms with van der Waals surface area (Å²) in [5.74, 6) is -0.935. The van der Waals surface area contributed by atoms with Crippen molar-refractivity contribution in [1.29, 1.82) is 0 Å². The van der Waals surface area contributed by atoms with Crippen molar-refractivity contribution in [3.05, 3.63) is 0 Å². The molecule has 76 valence electrons. The van der Waals surface area contributed by atoms with E-state index in [9.17, 15) is 4.79 Å². The van der Waals surface area contributed by atoms with Crippen LogP contribution >= 0.6 is 0 Å². The highest BCUT2D eigenvalue weighted by Crippen LogP contribution is 2.43. The lowest BCUT2D eigenvalue weighted by atomic mass is 9.87. The molecule has 3 nitrogen and oxygen atoms in total. The first kappa shape index (κ1) is 10.5. The minimum absolute atomic E-state index is 0.00738. The van der Waals surface area contributed by atoms with Gasteiger partial charge in [-0.25, -0.2) is 0 Å². The quantitative estimate of drug-likeness (QED) is 0.674. The van der Waals surface area contributed by atoms with E-state index in [2.05, 4.69) is 18.7 Å². The maximum absolute atomic E-state index is 11.0. The highest BCUT2D eigenvalue weighted by Gasteiger charge is 2.52. The third-order valence-corrected chi connectivity index (χ3v) is 3.63. The molecule has 1 rings (SSSR count). The first-order valence-electron chi connectivity index (χ1n) is 4.66. The van der Waals surface area contributed by atoms with Crippen LogP contribution in [0.3, 0.4) is 0 Å². The Kier molecular flexibility index (Phi) is 2.19. The van der Waals surface area contributed by atoms with Crippen LogP contribution in [0.4, 0.5) is 0 Å². The van der Waals surface area contributed by atoms with Gasteiger partial charge in [0, 0.05) is 11.1 Å². The topological polar surface area (TPSA) is 40.5 Å². The molecule has 0 spiro atoms. The molecule has 0 aromatic carbocycles. The van der Waals surface area contributed by atoms with Gasteiger partial charge in [-0.1, -0.05) is 0 Å². The van der Waals surface area contributed by atoms with Crippen LogP contribution in [0.1, 0.15) is 34.1 Å². The van der Waals surface area contributed by atoms with Gasteiger partial charge in [0.25, 0.3) is 0 Å². The van der Waals surface area contributed by atoms with Crippen molar-refractivity contribution in [3.8, 4) is 0 Å². The number of carboxylic acids is 1. The number of hydrogen-bond donors (Lipinski definition) is 1. The van der Waals surface area contributed by atoms with Crippen molar-refractivity contribution in [1.82, 2.24) is 4.90 Å². The van der Waals surface area contributed by atoms with Crippen molar-refractivity contribution >= 4 is 5.97 Å². The Labute approximate surface area is 79.7 Å². The maximum Gasteiger partial charge on any atom is 0.308 e. The van der Waals surface area contributed by atoms with Crippen molar-refractivity contribution in [2.75, 3.05) is 7.05 Å². The molecule has 1 aliphatic rings. The summed E-state index contributed by atoms with van der Waals surface area (Å²) >= 11 is 0. The molecule has 0 bridgehead atoms. The molecule has 1 aliphatic heterocycles. The van der Waals surface area contributed by atoms with E-state index in [1.165, 1.54) is 0 Å². The molecular formula is C10H19NO2. The molecule has 0 saturated carbocycles. The second-order valence-electron chi connectivity index (χ2n) is 5.12. The van der Waals surface area contributed by atoms with Gasteiger partial charge in [0.1, 0.15) is 0 Å². The number of likely N-dealkylation sites (tertiary alicyclic amines) is 1. The summed E-state index contributed by atoms with van der Waals surface area (Å²) in [6, 6.07) is 0. The number of aliphatic carboxylic acids is 1. The van der Waals surface area contributed by atoms with Gasteiger partial charge in [0.15, 0.2) is 0 Å². The van der Waals surface area contributed by atoms with Gasteiger partial charge in [-0.05, 0) is 41.2 Å². The Morgan fingerprint density at radius 2 is 1.85 bits per heavy atom. The molecule has 0 aromatic heterocycles. The molecule has 1 unspecified atom stereocenters. The Bertz CT molecular complexity index is 233. The van der Waals surface area contributed by atoms with Gasteiger partial charge >= 0.3 is 5.97 Å². The number of carboxylic acid groups (broad SMARTS) is 1. The second-order valence-corrected chi connectivity index (χ2v) is 5.12. The van der Waals surface area contributed by atoms with E-state index in [4.69, 9.17) is 5.11 Å². The Morgan fingerprint density at radius 1 is 1.38 bits per heavy atom. The standard InChI is InChI=1S/C10H19NO2/c1-9(2)6-7(8(12)13)10(3,4)11(9)5/h7H,6H2,1-5H3,(H,12,13). The zero-order valence-electron chi connectivity index (χ0n) is 9.09. The Hall–Kier alpha value is -0.570. The zero-order chi connectivity index (χ0) is 10.4. The van der Waals surface area contributed by atoms with Crippen LogP contribution in [0.25, 0.3) is 0 Å². The molecule has 0 aromatic rings. The number of carbonyl (C=O) groups is 1. The number of hydrogen-bond acceptors (Lipinski definition) is 2. The monoisotopic (exact) mass is 185 g/mol. The average molecular weight is 185 g/mol. The summed E-state index contributed by atoms with van der Waals surface area (Å²) in [5.41, 5.74) is -0.248. The predicted octanol–water partition coefficient (Wildman–Crippen LogP) is 1.58. The van der Waals surface area contributed by atoms with Crippen LogP contribution in [0.15, 0.2) is 0 Å². The minimum atomic E-state index is -0.678. The van der Waals surface area contributed by atoms with Crippen LogP contribution in [0.2, 0.25) is 0 Å². The summed E-state index contributed by atoms with van der Waals surface area (Å²) in [6.07, 6.45) is 0.728. The number of rotatable bonds is 1. The fraction of sp³-hybridized carbons (Fsp3) is 0.900. The smallest absolute Gasteiger partial charge is 0.308 e. The van der Waals surface area contributed by atoms with Crippen molar-refractivity contribution in [3.63, 3.8) is 0 Å². The molecule has 1 heterocycles. The van der Waals surface area contributed by atoms with E-state index >= 15 is 0 Å². The zero-order valence-corrected chi connectivity index (χ0v) is 9.09. The van der Waals surface area contributed by atoms with E-state index in [0.717, 1.165) is 6.42 Å². The molecular weight excluding hydrogens is 166 g/mol. The molecule has 13 heavy (non-hydrogen) atoms. The molecule has 1 atom stereocenters. The average Bonchev–Trinajstić information content (AvgIpc) is 2.11. The summed E-state index contributed by atoms with van der Waals surface area (Å²) in [6.45, 7) is 8.19. The molecule has 3 heteroatoms. The van der Waals surface area contributed by atoms with E-state index in [1.807, 2.05) is 20.9 Å². The molecule has 1 saturated heterocycles. The SMILES string of the molecule is CN1C(C)(C)CC(C(=O)O)C1(C)C. The predicted molar refractivity (Wildman–Crippen MR) is 51.7 cm³/mol. The van der Waals surface area contributed by atoms with Crippen molar-refractivity contribution < 1.29 is 9.90 Å².